The van der Waals surface area contributed by atoms with Crippen LogP contribution in [0.4, 0.5) is 0 Å². The summed E-state index contributed by atoms with van der Waals surface area (Å²) in [5, 5.41) is 10.2. The second kappa shape index (κ2) is 9.94. The molecule has 124 valence electrons. The monoisotopic (exact) mass is 312 g/mol. The molecule has 0 aliphatic rings. The van der Waals surface area contributed by atoms with Crippen LogP contribution < -0.4 is 4.74 Å². The van der Waals surface area contributed by atoms with Crippen molar-refractivity contribution in [1.29, 1.82) is 0 Å². The molecule has 0 saturated heterocycles. The fraction of sp³-hybridized carbons (Fsp3) is 0.429. The molecular weight excluding hydrogens is 284 g/mol. The standard InChI is InChI=1S/C21H28O2/c1-2-3-4-5-6-10-15-23-20-14-13-19(21(22)17-20)16-18-11-8-7-9-12-18/h7-9,11-14,17,22H,2-6,10,15-16H2,1H3. The minimum atomic E-state index is 0.314. The number of ether oxygens (including phenoxy) is 1. The van der Waals surface area contributed by atoms with Gasteiger partial charge in [0.05, 0.1) is 6.61 Å². The molecule has 2 rings (SSSR count). The number of rotatable bonds is 10. The maximum atomic E-state index is 10.2. The molecule has 0 heterocycles. The molecule has 0 saturated carbocycles. The third-order valence-electron chi connectivity index (χ3n) is 4.06. The highest BCUT2D eigenvalue weighted by Gasteiger charge is 2.04. The minimum absolute atomic E-state index is 0.314. The van der Waals surface area contributed by atoms with E-state index in [1.165, 1.54) is 37.7 Å². The molecule has 2 heteroatoms. The summed E-state index contributed by atoms with van der Waals surface area (Å²) in [4.78, 5) is 0. The second-order valence-electron chi connectivity index (χ2n) is 6.07. The summed E-state index contributed by atoms with van der Waals surface area (Å²) in [5.41, 5.74) is 2.13. The summed E-state index contributed by atoms with van der Waals surface area (Å²) in [6.07, 6.45) is 8.27. The Morgan fingerprint density at radius 2 is 1.61 bits per heavy atom. The Bertz CT molecular complexity index is 563. The topological polar surface area (TPSA) is 29.5 Å². The van der Waals surface area contributed by atoms with Gasteiger partial charge in [0.2, 0.25) is 0 Å². The largest absolute Gasteiger partial charge is 0.508 e. The summed E-state index contributed by atoms with van der Waals surface area (Å²) in [7, 11) is 0. The Morgan fingerprint density at radius 1 is 0.870 bits per heavy atom. The van der Waals surface area contributed by atoms with Gasteiger partial charge in [-0.1, -0.05) is 75.4 Å². The van der Waals surface area contributed by atoms with Crippen molar-refractivity contribution in [2.45, 2.75) is 51.9 Å². The lowest BCUT2D eigenvalue weighted by molar-refractivity contribution is 0.302. The van der Waals surface area contributed by atoms with Crippen LogP contribution in [-0.2, 0) is 6.42 Å². The number of aromatic hydroxyl groups is 1. The average Bonchev–Trinajstić information content (AvgIpc) is 2.57. The van der Waals surface area contributed by atoms with E-state index >= 15 is 0 Å². The molecule has 0 fully saturated rings. The highest BCUT2D eigenvalue weighted by atomic mass is 16.5. The highest BCUT2D eigenvalue weighted by Crippen LogP contribution is 2.26. The molecule has 0 radical (unpaired) electrons. The molecular formula is C21H28O2. The Morgan fingerprint density at radius 3 is 2.35 bits per heavy atom. The molecule has 2 aromatic rings. The van der Waals surface area contributed by atoms with E-state index in [4.69, 9.17) is 4.74 Å². The van der Waals surface area contributed by atoms with Gasteiger partial charge in [0.1, 0.15) is 11.5 Å². The number of hydrogen-bond acceptors (Lipinski definition) is 2. The van der Waals surface area contributed by atoms with Gasteiger partial charge in [0, 0.05) is 12.5 Å². The molecule has 23 heavy (non-hydrogen) atoms. The first-order valence-corrected chi connectivity index (χ1v) is 8.78. The van der Waals surface area contributed by atoms with E-state index in [9.17, 15) is 5.11 Å². The van der Waals surface area contributed by atoms with Crippen LogP contribution in [0.1, 0.15) is 56.6 Å². The number of phenolic OH excluding ortho intramolecular Hbond substituents is 1. The lowest BCUT2D eigenvalue weighted by Crippen LogP contribution is -1.98. The average molecular weight is 312 g/mol. The number of benzene rings is 2. The minimum Gasteiger partial charge on any atom is -0.508 e. The van der Waals surface area contributed by atoms with Crippen LogP contribution in [0.15, 0.2) is 48.5 Å². The van der Waals surface area contributed by atoms with Gasteiger partial charge in [-0.2, -0.15) is 0 Å². The third-order valence-corrected chi connectivity index (χ3v) is 4.06. The van der Waals surface area contributed by atoms with Gasteiger partial charge in [-0.25, -0.2) is 0 Å². The van der Waals surface area contributed by atoms with Crippen molar-refractivity contribution >= 4 is 0 Å². The van der Waals surface area contributed by atoms with Gasteiger partial charge in [-0.3, -0.25) is 0 Å². The van der Waals surface area contributed by atoms with Crippen LogP contribution in [0.2, 0.25) is 0 Å². The summed E-state index contributed by atoms with van der Waals surface area (Å²) >= 11 is 0. The number of phenols is 1. The van der Waals surface area contributed by atoms with Crippen molar-refractivity contribution in [3.8, 4) is 11.5 Å². The van der Waals surface area contributed by atoms with E-state index in [0.29, 0.717) is 5.75 Å². The van der Waals surface area contributed by atoms with E-state index in [0.717, 1.165) is 30.8 Å². The van der Waals surface area contributed by atoms with E-state index < -0.39 is 0 Å². The first-order chi connectivity index (χ1) is 11.3. The lowest BCUT2D eigenvalue weighted by atomic mass is 10.0. The smallest absolute Gasteiger partial charge is 0.122 e. The maximum absolute atomic E-state index is 10.2. The van der Waals surface area contributed by atoms with Gasteiger partial charge in [0.15, 0.2) is 0 Å². The van der Waals surface area contributed by atoms with Gasteiger partial charge < -0.3 is 9.84 Å². The first-order valence-electron chi connectivity index (χ1n) is 8.78. The number of unbranched alkanes of at least 4 members (excludes halogenated alkanes) is 5. The zero-order valence-corrected chi connectivity index (χ0v) is 14.1. The highest BCUT2D eigenvalue weighted by molar-refractivity contribution is 5.42. The van der Waals surface area contributed by atoms with E-state index in [2.05, 4.69) is 19.1 Å². The van der Waals surface area contributed by atoms with Crippen molar-refractivity contribution in [3.63, 3.8) is 0 Å². The first kappa shape index (κ1) is 17.4. The molecule has 0 aliphatic carbocycles. The summed E-state index contributed by atoms with van der Waals surface area (Å²) in [6.45, 7) is 2.96. The van der Waals surface area contributed by atoms with E-state index in [-0.39, 0.29) is 0 Å². The van der Waals surface area contributed by atoms with E-state index in [1.54, 1.807) is 6.07 Å². The zero-order chi connectivity index (χ0) is 16.3. The molecule has 2 nitrogen and oxygen atoms in total. The van der Waals surface area contributed by atoms with Crippen LogP contribution in [-0.4, -0.2) is 11.7 Å². The molecule has 0 aromatic heterocycles. The molecule has 0 bridgehead atoms. The van der Waals surface area contributed by atoms with Gasteiger partial charge in [-0.15, -0.1) is 0 Å². The third kappa shape index (κ3) is 6.35. The summed E-state index contributed by atoms with van der Waals surface area (Å²) in [6, 6.07) is 15.8. The van der Waals surface area contributed by atoms with Crippen molar-refractivity contribution in [1.82, 2.24) is 0 Å². The summed E-state index contributed by atoms with van der Waals surface area (Å²) < 4.78 is 5.74. The Balaban J connectivity index is 1.76. The van der Waals surface area contributed by atoms with Crippen molar-refractivity contribution in [3.05, 3.63) is 59.7 Å². The molecule has 0 amide bonds. The fourth-order valence-electron chi connectivity index (χ4n) is 2.67. The van der Waals surface area contributed by atoms with Crippen molar-refractivity contribution < 1.29 is 9.84 Å². The van der Waals surface area contributed by atoms with Crippen LogP contribution in [0.3, 0.4) is 0 Å². The Hall–Kier alpha value is -1.96. The molecule has 0 aliphatic heterocycles. The SMILES string of the molecule is CCCCCCCCOc1ccc(Cc2ccccc2)c(O)c1. The van der Waals surface area contributed by atoms with Crippen molar-refractivity contribution in [2.24, 2.45) is 0 Å². The molecule has 0 spiro atoms. The van der Waals surface area contributed by atoms with Crippen LogP contribution in [0.5, 0.6) is 11.5 Å². The fourth-order valence-corrected chi connectivity index (χ4v) is 2.67. The van der Waals surface area contributed by atoms with E-state index in [1.807, 2.05) is 30.3 Å². The van der Waals surface area contributed by atoms with Crippen LogP contribution in [0, 0.1) is 0 Å². The zero-order valence-electron chi connectivity index (χ0n) is 14.1. The predicted octanol–water partition coefficient (Wildman–Crippen LogP) is 5.72. The normalized spacial score (nSPS) is 10.7. The van der Waals surface area contributed by atoms with Gasteiger partial charge in [-0.05, 0) is 23.6 Å². The van der Waals surface area contributed by atoms with Crippen LogP contribution >= 0.6 is 0 Å². The predicted molar refractivity (Wildman–Crippen MR) is 96.2 cm³/mol. The van der Waals surface area contributed by atoms with Crippen molar-refractivity contribution in [2.75, 3.05) is 6.61 Å². The molecule has 2 aromatic carbocycles. The Labute approximate surface area is 140 Å². The quantitative estimate of drug-likeness (QED) is 0.568. The second-order valence-corrected chi connectivity index (χ2v) is 6.07. The summed E-state index contributed by atoms with van der Waals surface area (Å²) in [5.74, 6) is 1.07. The lowest BCUT2D eigenvalue weighted by Gasteiger charge is -2.09. The molecule has 0 atom stereocenters. The Kier molecular flexibility index (Phi) is 7.51. The maximum Gasteiger partial charge on any atom is 0.122 e. The molecule has 1 N–H and O–H groups in total. The van der Waals surface area contributed by atoms with Gasteiger partial charge >= 0.3 is 0 Å². The molecule has 0 unspecified atom stereocenters. The van der Waals surface area contributed by atoms with Gasteiger partial charge in [0.25, 0.3) is 0 Å². The van der Waals surface area contributed by atoms with Crippen LogP contribution in [0.25, 0.3) is 0 Å². The number of hydrogen-bond donors (Lipinski definition) is 1.